The second-order valence-corrected chi connectivity index (χ2v) is 8.87. The molecular formula is C18H20FN5O3S. The van der Waals surface area contributed by atoms with Gasteiger partial charge in [-0.25, -0.2) is 22.2 Å². The standard InChI is InChI=1S/C18H20FN5O3S/c1-18(2,11-28(26,27)20-3)22-17(25)13-6-7-15(19)16-14(13)10-24(23-16)12-5-4-8-21-9-12/h4-10,20H,11H2,1-3H3,(H,22,25). The molecule has 1 aromatic carbocycles. The first-order chi connectivity index (χ1) is 13.1. The molecule has 28 heavy (non-hydrogen) atoms. The Morgan fingerprint density at radius 1 is 1.29 bits per heavy atom. The molecule has 0 aliphatic carbocycles. The lowest BCUT2D eigenvalue weighted by Gasteiger charge is -2.26. The molecule has 0 bridgehead atoms. The van der Waals surface area contributed by atoms with Gasteiger partial charge in [0.25, 0.3) is 5.91 Å². The highest BCUT2D eigenvalue weighted by Crippen LogP contribution is 2.23. The summed E-state index contributed by atoms with van der Waals surface area (Å²) in [5, 5.41) is 7.22. The van der Waals surface area contributed by atoms with Crippen LogP contribution in [0.25, 0.3) is 16.6 Å². The summed E-state index contributed by atoms with van der Waals surface area (Å²) in [7, 11) is -2.23. The van der Waals surface area contributed by atoms with Crippen molar-refractivity contribution in [3.63, 3.8) is 0 Å². The number of amides is 1. The van der Waals surface area contributed by atoms with Gasteiger partial charge in [0.1, 0.15) is 5.52 Å². The molecule has 0 saturated carbocycles. The van der Waals surface area contributed by atoms with E-state index in [4.69, 9.17) is 0 Å². The van der Waals surface area contributed by atoms with E-state index in [1.807, 2.05) is 0 Å². The molecule has 0 fully saturated rings. The molecule has 0 saturated heterocycles. The summed E-state index contributed by atoms with van der Waals surface area (Å²) >= 11 is 0. The lowest BCUT2D eigenvalue weighted by atomic mass is 10.1. The van der Waals surface area contributed by atoms with Crippen LogP contribution in [-0.2, 0) is 10.0 Å². The molecule has 0 aliphatic heterocycles. The molecule has 2 heterocycles. The van der Waals surface area contributed by atoms with Crippen LogP contribution in [-0.4, -0.2) is 47.4 Å². The van der Waals surface area contributed by atoms with Crippen molar-refractivity contribution in [2.75, 3.05) is 12.8 Å². The van der Waals surface area contributed by atoms with Crippen molar-refractivity contribution in [1.82, 2.24) is 24.8 Å². The maximum atomic E-state index is 14.3. The van der Waals surface area contributed by atoms with Gasteiger partial charge in [0, 0.05) is 17.8 Å². The first-order valence-electron chi connectivity index (χ1n) is 8.44. The Morgan fingerprint density at radius 2 is 2.04 bits per heavy atom. The van der Waals surface area contributed by atoms with E-state index in [0.717, 1.165) is 6.07 Å². The van der Waals surface area contributed by atoms with Gasteiger partial charge in [-0.3, -0.25) is 9.78 Å². The van der Waals surface area contributed by atoms with Crippen LogP contribution >= 0.6 is 0 Å². The fourth-order valence-electron chi connectivity index (χ4n) is 2.85. The van der Waals surface area contributed by atoms with Gasteiger partial charge in [0.15, 0.2) is 5.82 Å². The fraction of sp³-hybridized carbons (Fsp3) is 0.278. The summed E-state index contributed by atoms with van der Waals surface area (Å²) in [5.74, 6) is -1.39. The van der Waals surface area contributed by atoms with E-state index in [-0.39, 0.29) is 16.8 Å². The predicted octanol–water partition coefficient (Wildman–Crippen LogP) is 1.62. The van der Waals surface area contributed by atoms with Crippen LogP contribution in [0.15, 0.2) is 42.9 Å². The molecule has 2 N–H and O–H groups in total. The number of pyridine rings is 1. The lowest BCUT2D eigenvalue weighted by Crippen LogP contribution is -2.50. The molecule has 0 spiro atoms. The molecule has 0 atom stereocenters. The fourth-order valence-corrected chi connectivity index (χ4v) is 4.02. The molecule has 1 amide bonds. The first-order valence-corrected chi connectivity index (χ1v) is 10.1. The highest BCUT2D eigenvalue weighted by molar-refractivity contribution is 7.89. The van der Waals surface area contributed by atoms with Crippen molar-refractivity contribution >= 4 is 26.8 Å². The van der Waals surface area contributed by atoms with Crippen molar-refractivity contribution in [2.45, 2.75) is 19.4 Å². The average Bonchev–Trinajstić information content (AvgIpc) is 3.07. The van der Waals surface area contributed by atoms with Crippen molar-refractivity contribution in [2.24, 2.45) is 0 Å². The number of halogens is 1. The van der Waals surface area contributed by atoms with E-state index in [1.54, 1.807) is 44.6 Å². The van der Waals surface area contributed by atoms with E-state index in [0.29, 0.717) is 11.1 Å². The van der Waals surface area contributed by atoms with Crippen LogP contribution in [0.4, 0.5) is 4.39 Å². The van der Waals surface area contributed by atoms with Crippen molar-refractivity contribution in [1.29, 1.82) is 0 Å². The molecule has 0 unspecified atom stereocenters. The smallest absolute Gasteiger partial charge is 0.252 e. The first kappa shape index (κ1) is 19.9. The minimum absolute atomic E-state index is 0.0390. The number of nitrogens with one attached hydrogen (secondary N) is 2. The second-order valence-electron chi connectivity index (χ2n) is 6.94. The maximum absolute atomic E-state index is 14.3. The third-order valence-electron chi connectivity index (χ3n) is 4.10. The predicted molar refractivity (Wildman–Crippen MR) is 103 cm³/mol. The number of hydrogen-bond donors (Lipinski definition) is 2. The number of carbonyl (C=O) groups is 1. The van der Waals surface area contributed by atoms with Gasteiger partial charge in [-0.1, -0.05) is 0 Å². The Bertz CT molecular complexity index is 1130. The molecule has 8 nitrogen and oxygen atoms in total. The van der Waals surface area contributed by atoms with Crippen LogP contribution in [0.1, 0.15) is 24.2 Å². The topological polar surface area (TPSA) is 106 Å². The molecule has 148 valence electrons. The van der Waals surface area contributed by atoms with Gasteiger partial charge >= 0.3 is 0 Å². The van der Waals surface area contributed by atoms with E-state index in [2.05, 4.69) is 20.1 Å². The summed E-state index contributed by atoms with van der Waals surface area (Å²) in [6.45, 7) is 3.19. The zero-order chi connectivity index (χ0) is 20.5. The number of nitrogens with zero attached hydrogens (tertiary/aromatic N) is 3. The van der Waals surface area contributed by atoms with Crippen molar-refractivity contribution < 1.29 is 17.6 Å². The molecule has 10 heteroatoms. The Balaban J connectivity index is 1.98. The Morgan fingerprint density at radius 3 is 2.68 bits per heavy atom. The number of hydrogen-bond acceptors (Lipinski definition) is 5. The molecule has 3 rings (SSSR count). The largest absolute Gasteiger partial charge is 0.346 e. The summed E-state index contributed by atoms with van der Waals surface area (Å²) < 4.78 is 41.6. The van der Waals surface area contributed by atoms with Gasteiger partial charge < -0.3 is 5.32 Å². The molecule has 0 aliphatic rings. The van der Waals surface area contributed by atoms with Crippen LogP contribution in [0, 0.1) is 5.82 Å². The van der Waals surface area contributed by atoms with Crippen molar-refractivity contribution in [3.8, 4) is 5.69 Å². The number of fused-ring (bicyclic) bond motifs is 1. The Kier molecular flexibility index (Phi) is 5.18. The minimum Gasteiger partial charge on any atom is -0.346 e. The highest BCUT2D eigenvalue weighted by atomic mass is 32.2. The van der Waals surface area contributed by atoms with Crippen LogP contribution in [0.2, 0.25) is 0 Å². The van der Waals surface area contributed by atoms with Gasteiger partial charge in [0.05, 0.1) is 28.7 Å². The van der Waals surface area contributed by atoms with Crippen LogP contribution < -0.4 is 10.0 Å². The van der Waals surface area contributed by atoms with Gasteiger partial charge in [0.2, 0.25) is 10.0 Å². The Labute approximate surface area is 161 Å². The van der Waals surface area contributed by atoms with E-state index < -0.39 is 27.3 Å². The lowest BCUT2D eigenvalue weighted by molar-refractivity contribution is 0.0922. The molecule has 0 radical (unpaired) electrons. The highest BCUT2D eigenvalue weighted by Gasteiger charge is 2.28. The maximum Gasteiger partial charge on any atom is 0.252 e. The third kappa shape index (κ3) is 4.18. The zero-order valence-corrected chi connectivity index (χ0v) is 16.4. The quantitative estimate of drug-likeness (QED) is 0.648. The summed E-state index contributed by atoms with van der Waals surface area (Å²) in [6.07, 6.45) is 4.71. The molecular weight excluding hydrogens is 385 g/mol. The average molecular weight is 405 g/mol. The normalized spacial score (nSPS) is 12.3. The number of rotatable bonds is 6. The molecule has 3 aromatic rings. The van der Waals surface area contributed by atoms with Crippen LogP contribution in [0.5, 0.6) is 0 Å². The minimum atomic E-state index is -3.53. The van der Waals surface area contributed by atoms with Gasteiger partial charge in [-0.2, -0.15) is 5.10 Å². The molecule has 2 aromatic heterocycles. The van der Waals surface area contributed by atoms with Crippen molar-refractivity contribution in [3.05, 3.63) is 54.2 Å². The SMILES string of the molecule is CNS(=O)(=O)CC(C)(C)NC(=O)c1ccc(F)c2nn(-c3cccnc3)cc12. The van der Waals surface area contributed by atoms with E-state index in [1.165, 1.54) is 17.8 Å². The monoisotopic (exact) mass is 405 g/mol. The van der Waals surface area contributed by atoms with Gasteiger partial charge in [-0.05, 0) is 45.2 Å². The summed E-state index contributed by atoms with van der Waals surface area (Å²) in [4.78, 5) is 16.8. The number of carbonyl (C=O) groups excluding carboxylic acids is 1. The third-order valence-corrected chi connectivity index (χ3v) is 5.82. The summed E-state index contributed by atoms with van der Waals surface area (Å²) in [5.41, 5.74) is -0.192. The van der Waals surface area contributed by atoms with E-state index >= 15 is 0 Å². The second kappa shape index (κ2) is 7.28. The Hall–Kier alpha value is -2.85. The van der Waals surface area contributed by atoms with Gasteiger partial charge in [-0.15, -0.1) is 0 Å². The van der Waals surface area contributed by atoms with E-state index in [9.17, 15) is 17.6 Å². The summed E-state index contributed by atoms with van der Waals surface area (Å²) in [6, 6.07) is 5.98. The number of sulfonamides is 1. The number of benzene rings is 1. The van der Waals surface area contributed by atoms with Crippen LogP contribution in [0.3, 0.4) is 0 Å². The number of aromatic nitrogens is 3. The zero-order valence-electron chi connectivity index (χ0n) is 15.6.